The van der Waals surface area contributed by atoms with Gasteiger partial charge in [0.15, 0.2) is 5.17 Å². The molecule has 2 amide bonds. The van der Waals surface area contributed by atoms with Crippen LogP contribution < -0.4 is 5.32 Å². The van der Waals surface area contributed by atoms with Crippen LogP contribution in [0.4, 0.5) is 11.4 Å². The maximum Gasteiger partial charge on any atom is 0.259 e. The largest absolute Gasteiger partial charge is 0.325 e. The lowest BCUT2D eigenvalue weighted by Crippen LogP contribution is -2.42. The van der Waals surface area contributed by atoms with Crippen molar-refractivity contribution in [1.82, 2.24) is 4.90 Å². The van der Waals surface area contributed by atoms with Crippen LogP contribution in [0.15, 0.2) is 58.5 Å². The molecule has 2 aromatic rings. The number of aryl methyl sites for hydroxylation is 1. The molecule has 2 aliphatic rings. The maximum atomic E-state index is 13.0. The fourth-order valence-corrected chi connectivity index (χ4v) is 4.37. The van der Waals surface area contributed by atoms with Crippen LogP contribution in [-0.4, -0.2) is 39.5 Å². The van der Waals surface area contributed by atoms with Crippen molar-refractivity contribution in [2.75, 3.05) is 11.1 Å². The Morgan fingerprint density at radius 1 is 1.17 bits per heavy atom. The Morgan fingerprint density at radius 2 is 1.90 bits per heavy atom. The third-order valence-corrected chi connectivity index (χ3v) is 6.07. The molecule has 0 saturated heterocycles. The van der Waals surface area contributed by atoms with Gasteiger partial charge in [-0.1, -0.05) is 62.9 Å². The summed E-state index contributed by atoms with van der Waals surface area (Å²) in [6.07, 6.45) is 0.839. The molecule has 2 heterocycles. The van der Waals surface area contributed by atoms with Gasteiger partial charge in [0, 0.05) is 11.3 Å². The summed E-state index contributed by atoms with van der Waals surface area (Å²) in [5.74, 6) is 0.652. The predicted octanol–water partition coefficient (Wildman–Crippen LogP) is 4.24. The van der Waals surface area contributed by atoms with E-state index in [1.54, 1.807) is 4.90 Å². The lowest BCUT2D eigenvalue weighted by atomic mass is 10.1. The second kappa shape index (κ2) is 8.44. The highest BCUT2D eigenvalue weighted by atomic mass is 32.2. The van der Waals surface area contributed by atoms with Crippen molar-refractivity contribution >= 4 is 46.0 Å². The van der Waals surface area contributed by atoms with Gasteiger partial charge in [0.25, 0.3) is 5.91 Å². The minimum atomic E-state index is -0.429. The van der Waals surface area contributed by atoms with E-state index in [4.69, 9.17) is 4.99 Å². The van der Waals surface area contributed by atoms with E-state index in [-0.39, 0.29) is 23.5 Å². The summed E-state index contributed by atoms with van der Waals surface area (Å²) in [5.41, 5.74) is 3.52. The Kier molecular flexibility index (Phi) is 5.72. The van der Waals surface area contributed by atoms with Crippen molar-refractivity contribution in [1.29, 1.82) is 0 Å². The predicted molar refractivity (Wildman–Crippen MR) is 122 cm³/mol. The van der Waals surface area contributed by atoms with Gasteiger partial charge in [-0.25, -0.2) is 9.89 Å². The van der Waals surface area contributed by atoms with E-state index in [0.29, 0.717) is 11.0 Å². The molecule has 7 heteroatoms. The van der Waals surface area contributed by atoms with E-state index < -0.39 is 6.04 Å². The van der Waals surface area contributed by atoms with Crippen LogP contribution in [0.1, 0.15) is 31.9 Å². The Morgan fingerprint density at radius 3 is 2.67 bits per heavy atom. The number of thioether (sulfide) groups is 1. The summed E-state index contributed by atoms with van der Waals surface area (Å²) in [4.78, 5) is 36.6. The molecule has 4 rings (SSSR count). The lowest BCUT2D eigenvalue weighted by Gasteiger charge is -2.25. The zero-order valence-electron chi connectivity index (χ0n) is 17.3. The van der Waals surface area contributed by atoms with Crippen LogP contribution in [0.3, 0.4) is 0 Å². The molecule has 154 valence electrons. The molecule has 0 spiro atoms. The van der Waals surface area contributed by atoms with E-state index in [0.717, 1.165) is 28.9 Å². The van der Waals surface area contributed by atoms with Gasteiger partial charge < -0.3 is 5.32 Å². The SMILES string of the molecule is CCc1ccccc1NC(=O)CSC1=Nc2ccccc2C2=NC(C(C)C)C(=O)N12. The Labute approximate surface area is 180 Å². The molecule has 0 bridgehead atoms. The van der Waals surface area contributed by atoms with E-state index in [2.05, 4.69) is 17.2 Å². The number of rotatable bonds is 5. The average Bonchev–Trinajstić information content (AvgIpc) is 3.10. The van der Waals surface area contributed by atoms with E-state index >= 15 is 0 Å². The average molecular weight is 421 g/mol. The molecular weight excluding hydrogens is 396 g/mol. The standard InChI is InChI=1S/C23H24N4O2S/c1-4-15-9-5-7-11-17(15)24-19(28)13-30-23-25-18-12-8-6-10-16(18)21-26-20(14(2)3)22(29)27(21)23/h5-12,14,20H,4,13H2,1-3H3,(H,24,28). The number of carbonyl (C=O) groups is 2. The maximum absolute atomic E-state index is 13.0. The topological polar surface area (TPSA) is 74.1 Å². The number of fused-ring (bicyclic) bond motifs is 3. The molecule has 0 saturated carbocycles. The molecule has 0 aliphatic carbocycles. The summed E-state index contributed by atoms with van der Waals surface area (Å²) in [6.45, 7) is 6.03. The van der Waals surface area contributed by atoms with E-state index in [9.17, 15) is 9.59 Å². The number of para-hydroxylation sites is 2. The Bertz CT molecular complexity index is 1060. The van der Waals surface area contributed by atoms with Gasteiger partial charge in [0.1, 0.15) is 11.9 Å². The zero-order valence-corrected chi connectivity index (χ0v) is 18.1. The summed E-state index contributed by atoms with van der Waals surface area (Å²) in [5, 5.41) is 3.47. The number of nitrogens with zero attached hydrogens (tertiary/aromatic N) is 3. The molecule has 0 aromatic heterocycles. The number of hydrogen-bond acceptors (Lipinski definition) is 5. The van der Waals surface area contributed by atoms with Crippen LogP contribution in [0.25, 0.3) is 0 Å². The van der Waals surface area contributed by atoms with Gasteiger partial charge in [0.2, 0.25) is 5.91 Å². The van der Waals surface area contributed by atoms with Crippen molar-refractivity contribution < 1.29 is 9.59 Å². The Hall–Kier alpha value is -2.93. The minimum Gasteiger partial charge on any atom is -0.325 e. The van der Waals surface area contributed by atoms with Crippen molar-refractivity contribution in [3.63, 3.8) is 0 Å². The normalized spacial score (nSPS) is 17.4. The van der Waals surface area contributed by atoms with Gasteiger partial charge >= 0.3 is 0 Å². The highest BCUT2D eigenvalue weighted by Crippen LogP contribution is 2.34. The Balaban J connectivity index is 1.55. The first-order chi connectivity index (χ1) is 14.5. The lowest BCUT2D eigenvalue weighted by molar-refractivity contribution is -0.125. The first-order valence-electron chi connectivity index (χ1n) is 10.1. The summed E-state index contributed by atoms with van der Waals surface area (Å²) in [6, 6.07) is 15.0. The number of aliphatic imine (C=N–C) groups is 2. The molecule has 0 radical (unpaired) electrons. The van der Waals surface area contributed by atoms with Crippen LogP contribution in [0, 0.1) is 5.92 Å². The number of anilines is 1. The van der Waals surface area contributed by atoms with Gasteiger partial charge in [0.05, 0.1) is 11.4 Å². The molecule has 2 aliphatic heterocycles. The summed E-state index contributed by atoms with van der Waals surface area (Å²) in [7, 11) is 0. The van der Waals surface area contributed by atoms with Crippen LogP contribution in [-0.2, 0) is 16.0 Å². The molecule has 0 fully saturated rings. The summed E-state index contributed by atoms with van der Waals surface area (Å²) < 4.78 is 0. The van der Waals surface area contributed by atoms with Gasteiger partial charge in [-0.2, -0.15) is 0 Å². The fourth-order valence-electron chi connectivity index (χ4n) is 3.57. The minimum absolute atomic E-state index is 0.0857. The highest BCUT2D eigenvalue weighted by Gasteiger charge is 2.42. The third-order valence-electron chi connectivity index (χ3n) is 5.14. The molecule has 2 aromatic carbocycles. The van der Waals surface area contributed by atoms with Crippen LogP contribution in [0.5, 0.6) is 0 Å². The van der Waals surface area contributed by atoms with Crippen molar-refractivity contribution in [3.8, 4) is 0 Å². The number of hydrogen-bond donors (Lipinski definition) is 1. The first kappa shape index (κ1) is 20.3. The van der Waals surface area contributed by atoms with Crippen molar-refractivity contribution in [2.45, 2.75) is 33.2 Å². The molecule has 30 heavy (non-hydrogen) atoms. The summed E-state index contributed by atoms with van der Waals surface area (Å²) >= 11 is 1.26. The second-order valence-corrected chi connectivity index (χ2v) is 8.52. The number of nitrogens with one attached hydrogen (secondary N) is 1. The van der Waals surface area contributed by atoms with Gasteiger partial charge in [-0.3, -0.25) is 14.6 Å². The number of amides is 2. The first-order valence-corrected chi connectivity index (χ1v) is 11.1. The number of benzene rings is 2. The van der Waals surface area contributed by atoms with Crippen molar-refractivity contribution in [2.24, 2.45) is 15.9 Å². The molecule has 1 atom stereocenters. The third kappa shape index (κ3) is 3.77. The molecule has 1 unspecified atom stereocenters. The van der Waals surface area contributed by atoms with E-state index in [1.807, 2.05) is 62.4 Å². The van der Waals surface area contributed by atoms with Crippen LogP contribution in [0.2, 0.25) is 0 Å². The molecule has 6 nitrogen and oxygen atoms in total. The van der Waals surface area contributed by atoms with E-state index in [1.165, 1.54) is 11.8 Å². The fraction of sp³-hybridized carbons (Fsp3) is 0.304. The van der Waals surface area contributed by atoms with Gasteiger partial charge in [-0.05, 0) is 36.1 Å². The smallest absolute Gasteiger partial charge is 0.259 e. The zero-order chi connectivity index (χ0) is 21.3. The van der Waals surface area contributed by atoms with Crippen molar-refractivity contribution in [3.05, 3.63) is 59.7 Å². The molecular formula is C23H24N4O2S. The quantitative estimate of drug-likeness (QED) is 0.786. The monoisotopic (exact) mass is 420 g/mol. The van der Waals surface area contributed by atoms with Crippen LogP contribution >= 0.6 is 11.8 Å². The second-order valence-electron chi connectivity index (χ2n) is 7.57. The highest BCUT2D eigenvalue weighted by molar-refractivity contribution is 8.14. The number of carbonyl (C=O) groups excluding carboxylic acids is 2. The number of amidine groups is 2. The molecule has 1 N–H and O–H groups in total. The van der Waals surface area contributed by atoms with Gasteiger partial charge in [-0.15, -0.1) is 0 Å².